The van der Waals surface area contributed by atoms with E-state index in [-0.39, 0.29) is 17.3 Å². The maximum absolute atomic E-state index is 10.8. The molecule has 1 rings (SSSR count). The molecule has 0 bridgehead atoms. The van der Waals surface area contributed by atoms with Crippen molar-refractivity contribution >= 4 is 5.97 Å². The molecule has 0 saturated heterocycles. The largest absolute Gasteiger partial charge is 0.426 e. The fourth-order valence-corrected chi connectivity index (χ4v) is 0.692. The summed E-state index contributed by atoms with van der Waals surface area (Å²) in [6.07, 6.45) is 1.73. The van der Waals surface area contributed by atoms with Crippen molar-refractivity contribution in [1.82, 2.24) is 4.98 Å². The Kier molecular flexibility index (Phi) is 2.63. The van der Waals surface area contributed by atoms with Crippen LogP contribution >= 0.6 is 0 Å². The van der Waals surface area contributed by atoms with Gasteiger partial charge < -0.3 is 9.72 Å². The molecule has 0 fully saturated rings. The molecule has 1 heterocycles. The highest BCUT2D eigenvalue weighted by Crippen LogP contribution is 2.04. The number of nitrogens with one attached hydrogen (secondary N) is 1. The van der Waals surface area contributed by atoms with E-state index in [1.54, 1.807) is 6.92 Å². The molecule has 64 valence electrons. The number of pyridine rings is 1. The Morgan fingerprint density at radius 3 is 3.00 bits per heavy atom. The van der Waals surface area contributed by atoms with Gasteiger partial charge in [-0.2, -0.15) is 0 Å². The van der Waals surface area contributed by atoms with Crippen LogP contribution in [0.5, 0.6) is 5.75 Å². The highest BCUT2D eigenvalue weighted by molar-refractivity contribution is 5.71. The predicted molar refractivity (Wildman–Crippen MR) is 43.0 cm³/mol. The second-order valence-electron chi connectivity index (χ2n) is 2.22. The van der Waals surface area contributed by atoms with Crippen LogP contribution in [-0.2, 0) is 4.79 Å². The lowest BCUT2D eigenvalue weighted by Crippen LogP contribution is -2.09. The van der Waals surface area contributed by atoms with Gasteiger partial charge >= 0.3 is 5.97 Å². The average molecular weight is 167 g/mol. The van der Waals surface area contributed by atoms with E-state index in [2.05, 4.69) is 4.98 Å². The smallest absolute Gasteiger partial charge is 0.310 e. The summed E-state index contributed by atoms with van der Waals surface area (Å²) >= 11 is 0. The van der Waals surface area contributed by atoms with Crippen LogP contribution in [0, 0.1) is 0 Å². The topological polar surface area (TPSA) is 59.2 Å². The SMILES string of the molecule is CCC(=O)Oc1cc[nH]c(=O)c1. The van der Waals surface area contributed by atoms with Gasteiger partial charge in [-0.25, -0.2) is 0 Å². The fraction of sp³-hybridized carbons (Fsp3) is 0.250. The van der Waals surface area contributed by atoms with E-state index in [1.165, 1.54) is 18.3 Å². The second-order valence-corrected chi connectivity index (χ2v) is 2.22. The lowest BCUT2D eigenvalue weighted by molar-refractivity contribution is -0.134. The minimum absolute atomic E-state index is 0.281. The maximum Gasteiger partial charge on any atom is 0.310 e. The number of ether oxygens (including phenoxy) is 1. The second kappa shape index (κ2) is 3.71. The zero-order valence-corrected chi connectivity index (χ0v) is 6.66. The Labute approximate surface area is 69.2 Å². The molecule has 0 aliphatic carbocycles. The summed E-state index contributed by atoms with van der Waals surface area (Å²) in [5.74, 6) is -0.0637. The Balaban J connectivity index is 2.76. The van der Waals surface area contributed by atoms with Crippen LogP contribution < -0.4 is 10.3 Å². The molecule has 1 N–H and O–H groups in total. The van der Waals surface area contributed by atoms with Gasteiger partial charge in [0.15, 0.2) is 0 Å². The Hall–Kier alpha value is -1.58. The van der Waals surface area contributed by atoms with Crippen LogP contribution in [0.3, 0.4) is 0 Å². The molecule has 4 nitrogen and oxygen atoms in total. The molecule has 0 amide bonds. The van der Waals surface area contributed by atoms with E-state index < -0.39 is 0 Å². The Morgan fingerprint density at radius 2 is 2.42 bits per heavy atom. The number of aromatic amines is 1. The summed E-state index contributed by atoms with van der Waals surface area (Å²) < 4.78 is 4.79. The molecule has 0 aliphatic heterocycles. The van der Waals surface area contributed by atoms with Crippen molar-refractivity contribution in [2.45, 2.75) is 13.3 Å². The molecular formula is C8H9NO3. The molecule has 12 heavy (non-hydrogen) atoms. The summed E-state index contributed by atoms with van der Waals surface area (Å²) in [6, 6.07) is 2.75. The van der Waals surface area contributed by atoms with Gasteiger partial charge in [0.25, 0.3) is 5.56 Å². The van der Waals surface area contributed by atoms with Gasteiger partial charge in [0.2, 0.25) is 0 Å². The summed E-state index contributed by atoms with van der Waals surface area (Å²) in [6.45, 7) is 1.69. The van der Waals surface area contributed by atoms with Crippen molar-refractivity contribution in [3.05, 3.63) is 28.7 Å². The lowest BCUT2D eigenvalue weighted by atomic mass is 10.4. The highest BCUT2D eigenvalue weighted by atomic mass is 16.5. The molecule has 1 aromatic heterocycles. The van der Waals surface area contributed by atoms with E-state index in [1.807, 2.05) is 0 Å². The van der Waals surface area contributed by atoms with Crippen molar-refractivity contribution in [2.24, 2.45) is 0 Å². The zero-order chi connectivity index (χ0) is 8.97. The number of aromatic nitrogens is 1. The van der Waals surface area contributed by atoms with Crippen molar-refractivity contribution in [2.75, 3.05) is 0 Å². The molecule has 0 spiro atoms. The molecule has 0 radical (unpaired) electrons. The van der Waals surface area contributed by atoms with Crippen molar-refractivity contribution in [3.8, 4) is 5.75 Å². The third-order valence-electron chi connectivity index (χ3n) is 1.27. The van der Waals surface area contributed by atoms with E-state index in [9.17, 15) is 9.59 Å². The lowest BCUT2D eigenvalue weighted by Gasteiger charge is -1.99. The van der Waals surface area contributed by atoms with Gasteiger partial charge in [-0.1, -0.05) is 6.92 Å². The first-order valence-corrected chi connectivity index (χ1v) is 3.62. The molecular weight excluding hydrogens is 158 g/mol. The van der Waals surface area contributed by atoms with Gasteiger partial charge in [-0.05, 0) is 6.07 Å². The first-order valence-electron chi connectivity index (χ1n) is 3.62. The Bertz CT molecular complexity index is 329. The number of carbonyl (C=O) groups is 1. The number of carbonyl (C=O) groups excluding carboxylic acids is 1. The van der Waals surface area contributed by atoms with E-state index >= 15 is 0 Å². The summed E-state index contributed by atoms with van der Waals surface area (Å²) in [4.78, 5) is 23.9. The zero-order valence-electron chi connectivity index (χ0n) is 6.66. The quantitative estimate of drug-likeness (QED) is 0.659. The van der Waals surface area contributed by atoms with Gasteiger partial charge in [0, 0.05) is 18.7 Å². The third-order valence-corrected chi connectivity index (χ3v) is 1.27. The molecule has 0 saturated carbocycles. The first kappa shape index (κ1) is 8.52. The van der Waals surface area contributed by atoms with Crippen LogP contribution in [0.15, 0.2) is 23.1 Å². The average Bonchev–Trinajstić information content (AvgIpc) is 2.04. The van der Waals surface area contributed by atoms with Crippen molar-refractivity contribution in [1.29, 1.82) is 0 Å². The number of hydrogen-bond acceptors (Lipinski definition) is 3. The predicted octanol–water partition coefficient (Wildman–Crippen LogP) is 0.690. The van der Waals surface area contributed by atoms with Crippen LogP contribution in [0.1, 0.15) is 13.3 Å². The van der Waals surface area contributed by atoms with Crippen LogP contribution in [0.2, 0.25) is 0 Å². The molecule has 0 aliphatic rings. The monoisotopic (exact) mass is 167 g/mol. The molecule has 4 heteroatoms. The normalized spacial score (nSPS) is 9.42. The summed E-state index contributed by atoms with van der Waals surface area (Å²) in [7, 11) is 0. The summed E-state index contributed by atoms with van der Waals surface area (Å²) in [5, 5.41) is 0. The van der Waals surface area contributed by atoms with Crippen molar-refractivity contribution in [3.63, 3.8) is 0 Å². The van der Waals surface area contributed by atoms with E-state index in [0.29, 0.717) is 6.42 Å². The van der Waals surface area contributed by atoms with Crippen LogP contribution in [0.4, 0.5) is 0 Å². The minimum atomic E-state index is -0.347. The van der Waals surface area contributed by atoms with E-state index in [0.717, 1.165) is 0 Å². The standard InChI is InChI=1S/C8H9NO3/c1-2-8(11)12-6-3-4-9-7(10)5-6/h3-5H,2H2,1H3,(H,9,10). The van der Waals surface area contributed by atoms with Gasteiger partial charge in [-0.3, -0.25) is 9.59 Å². The molecule has 1 aromatic rings. The molecule has 0 unspecified atom stereocenters. The molecule has 0 aromatic carbocycles. The Morgan fingerprint density at radius 1 is 1.67 bits per heavy atom. The highest BCUT2D eigenvalue weighted by Gasteiger charge is 2.00. The van der Waals surface area contributed by atoms with Crippen LogP contribution in [0.25, 0.3) is 0 Å². The third kappa shape index (κ3) is 2.23. The summed E-state index contributed by atoms with van der Waals surface area (Å²) in [5.41, 5.74) is -0.281. The first-order chi connectivity index (χ1) is 5.72. The fourth-order valence-electron chi connectivity index (χ4n) is 0.692. The number of H-pyrrole nitrogens is 1. The van der Waals surface area contributed by atoms with E-state index in [4.69, 9.17) is 4.74 Å². The maximum atomic E-state index is 10.8. The van der Waals surface area contributed by atoms with Crippen molar-refractivity contribution < 1.29 is 9.53 Å². The van der Waals surface area contributed by atoms with Gasteiger partial charge in [0.1, 0.15) is 5.75 Å². The number of hydrogen-bond donors (Lipinski definition) is 1. The molecule has 0 atom stereocenters. The van der Waals surface area contributed by atoms with Gasteiger partial charge in [-0.15, -0.1) is 0 Å². The number of esters is 1. The number of rotatable bonds is 2. The minimum Gasteiger partial charge on any atom is -0.426 e. The van der Waals surface area contributed by atoms with Gasteiger partial charge in [0.05, 0.1) is 0 Å². The van der Waals surface area contributed by atoms with Crippen LogP contribution in [-0.4, -0.2) is 11.0 Å².